The van der Waals surface area contributed by atoms with Crippen LogP contribution in [0.2, 0.25) is 5.02 Å². The predicted molar refractivity (Wildman–Crippen MR) is 72.7 cm³/mol. The average Bonchev–Trinajstić information content (AvgIpc) is 2.72. The zero-order chi connectivity index (χ0) is 12.3. The number of rotatable bonds is 4. The molecule has 2 nitrogen and oxygen atoms in total. The van der Waals surface area contributed by atoms with Crippen LogP contribution in [0.3, 0.4) is 0 Å². The molecule has 0 aromatic heterocycles. The van der Waals surface area contributed by atoms with Crippen molar-refractivity contribution in [3.8, 4) is 0 Å². The summed E-state index contributed by atoms with van der Waals surface area (Å²) < 4.78 is 12.1. The highest BCUT2D eigenvalue weighted by atomic mass is 35.5. The third-order valence-electron chi connectivity index (χ3n) is 3.45. The van der Waals surface area contributed by atoms with E-state index in [1.807, 2.05) is 12.1 Å². The molecule has 0 saturated heterocycles. The summed E-state index contributed by atoms with van der Waals surface area (Å²) in [4.78, 5) is 0.823. The molecule has 1 aromatic carbocycles. The normalized spacial score (nSPS) is 26.0. The van der Waals surface area contributed by atoms with E-state index in [4.69, 9.17) is 17.3 Å². The SMILES string of the molecule is NC1CCCC1CCS(=O)c1cccc(Cl)c1. The van der Waals surface area contributed by atoms with Gasteiger partial charge >= 0.3 is 0 Å². The maximum absolute atomic E-state index is 12.1. The second-order valence-corrected chi connectivity index (χ2v) is 6.66. The minimum Gasteiger partial charge on any atom is -0.327 e. The van der Waals surface area contributed by atoms with Crippen LogP contribution in [0.15, 0.2) is 29.2 Å². The molecular formula is C13H18ClNOS. The van der Waals surface area contributed by atoms with Gasteiger partial charge in [0.2, 0.25) is 0 Å². The first-order chi connectivity index (χ1) is 8.16. The lowest BCUT2D eigenvalue weighted by Gasteiger charge is -2.14. The van der Waals surface area contributed by atoms with Gasteiger partial charge in [-0.15, -0.1) is 0 Å². The van der Waals surface area contributed by atoms with Crippen molar-refractivity contribution in [2.45, 2.75) is 36.6 Å². The van der Waals surface area contributed by atoms with Gasteiger partial charge in [-0.05, 0) is 43.4 Å². The van der Waals surface area contributed by atoms with Crippen molar-refractivity contribution in [3.63, 3.8) is 0 Å². The van der Waals surface area contributed by atoms with E-state index >= 15 is 0 Å². The Morgan fingerprint density at radius 2 is 2.24 bits per heavy atom. The minimum absolute atomic E-state index is 0.311. The summed E-state index contributed by atoms with van der Waals surface area (Å²) in [5, 5.41) is 0.647. The molecule has 4 heteroatoms. The zero-order valence-corrected chi connectivity index (χ0v) is 11.3. The van der Waals surface area contributed by atoms with Crippen LogP contribution < -0.4 is 5.73 Å². The summed E-state index contributed by atoms with van der Waals surface area (Å²) >= 11 is 5.88. The second-order valence-electron chi connectivity index (χ2n) is 4.65. The molecule has 0 aliphatic heterocycles. The van der Waals surface area contributed by atoms with E-state index in [0.717, 1.165) is 17.7 Å². The van der Waals surface area contributed by atoms with Gasteiger partial charge in [0.25, 0.3) is 0 Å². The fourth-order valence-electron chi connectivity index (χ4n) is 2.41. The number of hydrogen-bond donors (Lipinski definition) is 1. The summed E-state index contributed by atoms with van der Waals surface area (Å²) in [6.45, 7) is 0. The smallest absolute Gasteiger partial charge is 0.0530 e. The van der Waals surface area contributed by atoms with Crippen LogP contribution in [-0.2, 0) is 10.8 Å². The van der Waals surface area contributed by atoms with E-state index in [0.29, 0.717) is 22.7 Å². The summed E-state index contributed by atoms with van der Waals surface area (Å²) in [5.41, 5.74) is 6.01. The third kappa shape index (κ3) is 3.54. The van der Waals surface area contributed by atoms with E-state index in [1.165, 1.54) is 12.8 Å². The summed E-state index contributed by atoms with van der Waals surface area (Å²) in [7, 11) is -0.945. The van der Waals surface area contributed by atoms with Crippen LogP contribution in [0.4, 0.5) is 0 Å². The largest absolute Gasteiger partial charge is 0.327 e. The molecule has 1 aliphatic carbocycles. The van der Waals surface area contributed by atoms with E-state index in [9.17, 15) is 4.21 Å². The molecule has 0 radical (unpaired) electrons. The van der Waals surface area contributed by atoms with Crippen molar-refractivity contribution in [3.05, 3.63) is 29.3 Å². The first-order valence-corrected chi connectivity index (χ1v) is 7.76. The lowest BCUT2D eigenvalue weighted by molar-refractivity contribution is 0.468. The van der Waals surface area contributed by atoms with Crippen molar-refractivity contribution in [1.82, 2.24) is 0 Å². The van der Waals surface area contributed by atoms with E-state index in [1.54, 1.807) is 12.1 Å². The van der Waals surface area contributed by atoms with Crippen molar-refractivity contribution in [2.24, 2.45) is 11.7 Å². The minimum atomic E-state index is -0.945. The van der Waals surface area contributed by atoms with E-state index in [-0.39, 0.29) is 0 Å². The lowest BCUT2D eigenvalue weighted by Crippen LogP contribution is -2.25. The molecule has 0 bridgehead atoms. The fraction of sp³-hybridized carbons (Fsp3) is 0.538. The molecule has 17 heavy (non-hydrogen) atoms. The Hall–Kier alpha value is -0.380. The van der Waals surface area contributed by atoms with Crippen molar-refractivity contribution < 1.29 is 4.21 Å². The van der Waals surface area contributed by atoms with Crippen LogP contribution in [0, 0.1) is 5.92 Å². The Labute approximate surface area is 110 Å². The maximum atomic E-state index is 12.1. The van der Waals surface area contributed by atoms with E-state index < -0.39 is 10.8 Å². The molecule has 3 unspecified atom stereocenters. The van der Waals surface area contributed by atoms with Gasteiger partial charge in [-0.3, -0.25) is 4.21 Å². The number of hydrogen-bond acceptors (Lipinski definition) is 2. The second kappa shape index (κ2) is 5.98. The molecule has 1 aliphatic rings. The summed E-state index contributed by atoms with van der Waals surface area (Å²) in [6, 6.07) is 7.61. The first kappa shape index (κ1) is 13.1. The molecule has 2 rings (SSSR count). The standard InChI is InChI=1S/C13H18ClNOS/c14-11-4-2-5-12(9-11)17(16)8-7-10-3-1-6-13(10)15/h2,4-5,9-10,13H,1,3,6-8,15H2. The summed E-state index contributed by atoms with van der Waals surface area (Å²) in [5.74, 6) is 1.25. The Morgan fingerprint density at radius 3 is 2.88 bits per heavy atom. The van der Waals surface area contributed by atoms with E-state index in [2.05, 4.69) is 0 Å². The topological polar surface area (TPSA) is 43.1 Å². The van der Waals surface area contributed by atoms with Gasteiger partial charge in [-0.25, -0.2) is 0 Å². The maximum Gasteiger partial charge on any atom is 0.0530 e. The molecule has 0 amide bonds. The molecule has 1 fully saturated rings. The van der Waals surface area contributed by atoms with Crippen LogP contribution in [0.25, 0.3) is 0 Å². The fourth-order valence-corrected chi connectivity index (χ4v) is 3.91. The van der Waals surface area contributed by atoms with Gasteiger partial charge in [0.15, 0.2) is 0 Å². The Kier molecular flexibility index (Phi) is 4.60. The van der Waals surface area contributed by atoms with Crippen LogP contribution in [0.1, 0.15) is 25.7 Å². The predicted octanol–water partition coefficient (Wildman–Crippen LogP) is 2.97. The van der Waals surface area contributed by atoms with Crippen molar-refractivity contribution in [1.29, 1.82) is 0 Å². The van der Waals surface area contributed by atoms with Gasteiger partial charge in [-0.2, -0.15) is 0 Å². The molecule has 0 heterocycles. The average molecular weight is 272 g/mol. The van der Waals surface area contributed by atoms with Crippen molar-refractivity contribution >= 4 is 22.4 Å². The molecule has 1 aromatic rings. The number of nitrogens with two attached hydrogens (primary N) is 1. The zero-order valence-electron chi connectivity index (χ0n) is 9.77. The lowest BCUT2D eigenvalue weighted by atomic mass is 10.0. The Morgan fingerprint density at radius 1 is 1.41 bits per heavy atom. The van der Waals surface area contributed by atoms with Crippen LogP contribution in [0.5, 0.6) is 0 Å². The third-order valence-corrected chi connectivity index (χ3v) is 5.07. The Balaban J connectivity index is 1.89. The summed E-state index contributed by atoms with van der Waals surface area (Å²) in [6.07, 6.45) is 4.48. The highest BCUT2D eigenvalue weighted by Gasteiger charge is 2.24. The molecular weight excluding hydrogens is 254 g/mol. The van der Waals surface area contributed by atoms with Crippen LogP contribution in [-0.4, -0.2) is 16.0 Å². The van der Waals surface area contributed by atoms with Crippen LogP contribution >= 0.6 is 11.6 Å². The van der Waals surface area contributed by atoms with Gasteiger partial charge < -0.3 is 5.73 Å². The molecule has 1 saturated carbocycles. The van der Waals surface area contributed by atoms with Gasteiger partial charge in [0.05, 0.1) is 10.8 Å². The highest BCUT2D eigenvalue weighted by molar-refractivity contribution is 7.85. The Bertz CT molecular complexity index is 410. The molecule has 2 N–H and O–H groups in total. The van der Waals surface area contributed by atoms with Gasteiger partial charge in [-0.1, -0.05) is 24.1 Å². The number of halogens is 1. The highest BCUT2D eigenvalue weighted by Crippen LogP contribution is 2.27. The molecule has 94 valence electrons. The monoisotopic (exact) mass is 271 g/mol. The first-order valence-electron chi connectivity index (χ1n) is 6.06. The number of benzene rings is 1. The van der Waals surface area contributed by atoms with Gasteiger partial charge in [0, 0.05) is 21.7 Å². The van der Waals surface area contributed by atoms with Crippen molar-refractivity contribution in [2.75, 3.05) is 5.75 Å². The molecule has 3 atom stereocenters. The molecule has 0 spiro atoms. The quantitative estimate of drug-likeness (QED) is 0.915. The van der Waals surface area contributed by atoms with Gasteiger partial charge in [0.1, 0.15) is 0 Å².